The van der Waals surface area contributed by atoms with Gasteiger partial charge in [-0.2, -0.15) is 0 Å². The number of carboxylic acid groups (broad SMARTS) is 1. The third-order valence-corrected chi connectivity index (χ3v) is 4.97. The lowest BCUT2D eigenvalue weighted by atomic mass is 9.85. The first kappa shape index (κ1) is 18.6. The Morgan fingerprint density at radius 1 is 1.35 bits per heavy atom. The van der Waals surface area contributed by atoms with Crippen molar-refractivity contribution in [1.82, 2.24) is 10.2 Å². The highest BCUT2D eigenvalue weighted by molar-refractivity contribution is 5.78. The monoisotopic (exact) mass is 364 g/mol. The van der Waals surface area contributed by atoms with Crippen molar-refractivity contribution in [3.05, 3.63) is 29.6 Å². The number of carbonyl (C=O) groups excluding carboxylic acids is 1. The molecular weight excluding hydrogens is 339 g/mol. The lowest BCUT2D eigenvalue weighted by Gasteiger charge is -2.42. The molecule has 0 aromatic heterocycles. The van der Waals surface area contributed by atoms with Crippen LogP contribution in [-0.4, -0.2) is 53.7 Å². The van der Waals surface area contributed by atoms with Crippen LogP contribution >= 0.6 is 0 Å². The van der Waals surface area contributed by atoms with Crippen molar-refractivity contribution < 1.29 is 23.8 Å². The van der Waals surface area contributed by atoms with E-state index < -0.39 is 11.8 Å². The van der Waals surface area contributed by atoms with Gasteiger partial charge in [-0.15, -0.1) is 0 Å². The van der Waals surface area contributed by atoms with Crippen LogP contribution < -0.4 is 10.1 Å². The molecule has 7 heteroatoms. The number of carboxylic acids is 1. The summed E-state index contributed by atoms with van der Waals surface area (Å²) in [6.07, 6.45) is 3.83. The normalized spacial score (nSPS) is 22.0. The second-order valence-corrected chi connectivity index (χ2v) is 7.38. The van der Waals surface area contributed by atoms with E-state index in [0.29, 0.717) is 5.92 Å². The van der Waals surface area contributed by atoms with Crippen molar-refractivity contribution in [1.29, 1.82) is 0 Å². The molecule has 0 heterocycles. The molecule has 2 aliphatic rings. The number of ether oxygens (including phenoxy) is 1. The predicted molar refractivity (Wildman–Crippen MR) is 93.5 cm³/mol. The number of aliphatic carboxylic acids is 1. The van der Waals surface area contributed by atoms with Crippen LogP contribution in [0.15, 0.2) is 18.2 Å². The maximum absolute atomic E-state index is 13.6. The molecule has 26 heavy (non-hydrogen) atoms. The van der Waals surface area contributed by atoms with E-state index in [-0.39, 0.29) is 36.9 Å². The molecule has 2 aliphatic carbocycles. The molecule has 1 aromatic rings. The van der Waals surface area contributed by atoms with Crippen molar-refractivity contribution in [2.45, 2.75) is 44.7 Å². The average molecular weight is 364 g/mol. The minimum atomic E-state index is -0.813. The summed E-state index contributed by atoms with van der Waals surface area (Å²) >= 11 is 0. The topological polar surface area (TPSA) is 78.9 Å². The standard InChI is InChI=1S/C19H25FN2O4/c1-12-2-5-16(20)17(6-12)26-11-18(23)21-14-7-15(8-14)22(10-19(24)25)9-13-3-4-13/h2,5-6,13-15H,3-4,7-11H2,1H3,(H,21,23)(H,24,25). The number of hydrogen-bond acceptors (Lipinski definition) is 4. The molecule has 142 valence electrons. The van der Waals surface area contributed by atoms with Crippen molar-refractivity contribution in [3.63, 3.8) is 0 Å². The minimum Gasteiger partial charge on any atom is -0.481 e. The summed E-state index contributed by atoms with van der Waals surface area (Å²) in [4.78, 5) is 25.0. The number of hydrogen-bond donors (Lipinski definition) is 2. The maximum Gasteiger partial charge on any atom is 0.317 e. The summed E-state index contributed by atoms with van der Waals surface area (Å²) < 4.78 is 18.9. The molecule has 0 bridgehead atoms. The highest BCUT2D eigenvalue weighted by Crippen LogP contribution is 2.33. The summed E-state index contributed by atoms with van der Waals surface area (Å²) in [6, 6.07) is 4.74. The molecular formula is C19H25FN2O4. The van der Waals surface area contributed by atoms with E-state index in [4.69, 9.17) is 9.84 Å². The SMILES string of the molecule is Cc1ccc(F)c(OCC(=O)NC2CC(N(CC(=O)O)CC3CC3)C2)c1. The van der Waals surface area contributed by atoms with E-state index in [1.54, 1.807) is 12.1 Å². The maximum atomic E-state index is 13.6. The molecule has 2 fully saturated rings. The van der Waals surface area contributed by atoms with Crippen LogP contribution in [0, 0.1) is 18.7 Å². The molecule has 1 amide bonds. The highest BCUT2D eigenvalue weighted by Gasteiger charge is 2.37. The van der Waals surface area contributed by atoms with Gasteiger partial charge in [0.25, 0.3) is 5.91 Å². The number of carbonyl (C=O) groups is 2. The summed E-state index contributed by atoms with van der Waals surface area (Å²) in [5.41, 5.74) is 0.859. The molecule has 0 spiro atoms. The van der Waals surface area contributed by atoms with Gasteiger partial charge in [0.2, 0.25) is 0 Å². The Morgan fingerprint density at radius 3 is 2.73 bits per heavy atom. The second-order valence-electron chi connectivity index (χ2n) is 7.38. The Balaban J connectivity index is 1.40. The molecule has 0 radical (unpaired) electrons. The lowest BCUT2D eigenvalue weighted by molar-refractivity contribution is -0.140. The summed E-state index contributed by atoms with van der Waals surface area (Å²) in [6.45, 7) is 2.47. The zero-order valence-corrected chi connectivity index (χ0v) is 14.9. The number of amides is 1. The Hall–Kier alpha value is -2.15. The van der Waals surface area contributed by atoms with Crippen molar-refractivity contribution >= 4 is 11.9 Å². The molecule has 1 aromatic carbocycles. The van der Waals surface area contributed by atoms with Gasteiger partial charge >= 0.3 is 5.97 Å². The molecule has 0 saturated heterocycles. The van der Waals surface area contributed by atoms with Gasteiger partial charge in [-0.25, -0.2) is 4.39 Å². The van der Waals surface area contributed by atoms with Crippen LogP contribution in [-0.2, 0) is 9.59 Å². The van der Waals surface area contributed by atoms with Crippen LogP contribution in [0.2, 0.25) is 0 Å². The number of nitrogens with zero attached hydrogens (tertiary/aromatic N) is 1. The fourth-order valence-corrected chi connectivity index (χ4v) is 3.29. The Labute approximate surface area is 152 Å². The zero-order valence-electron chi connectivity index (χ0n) is 14.9. The number of halogens is 1. The molecule has 2 saturated carbocycles. The zero-order chi connectivity index (χ0) is 18.7. The van der Waals surface area contributed by atoms with Crippen LogP contribution in [0.1, 0.15) is 31.2 Å². The van der Waals surface area contributed by atoms with Gasteiger partial charge in [-0.3, -0.25) is 14.5 Å². The lowest BCUT2D eigenvalue weighted by Crippen LogP contribution is -2.55. The van der Waals surface area contributed by atoms with Gasteiger partial charge in [-0.05, 0) is 56.2 Å². The van der Waals surface area contributed by atoms with Crippen LogP contribution in [0.4, 0.5) is 4.39 Å². The van der Waals surface area contributed by atoms with Crippen molar-refractivity contribution in [2.24, 2.45) is 5.92 Å². The van der Waals surface area contributed by atoms with E-state index in [1.165, 1.54) is 18.9 Å². The minimum absolute atomic E-state index is 0.0222. The van der Waals surface area contributed by atoms with Gasteiger partial charge < -0.3 is 15.2 Å². The number of benzene rings is 1. The van der Waals surface area contributed by atoms with Gasteiger partial charge in [0, 0.05) is 18.6 Å². The van der Waals surface area contributed by atoms with Crippen LogP contribution in [0.25, 0.3) is 0 Å². The first-order valence-electron chi connectivity index (χ1n) is 9.05. The van der Waals surface area contributed by atoms with E-state index in [1.807, 2.05) is 11.8 Å². The smallest absolute Gasteiger partial charge is 0.317 e. The molecule has 3 rings (SSSR count). The van der Waals surface area contributed by atoms with Crippen molar-refractivity contribution in [3.8, 4) is 5.75 Å². The Bertz CT molecular complexity index is 672. The Kier molecular flexibility index (Phi) is 5.76. The summed E-state index contributed by atoms with van der Waals surface area (Å²) in [5.74, 6) is -0.895. The van der Waals surface area contributed by atoms with Gasteiger partial charge in [-0.1, -0.05) is 6.07 Å². The number of rotatable bonds is 9. The molecule has 0 unspecified atom stereocenters. The molecule has 2 N–H and O–H groups in total. The fourth-order valence-electron chi connectivity index (χ4n) is 3.29. The quantitative estimate of drug-likeness (QED) is 0.700. The highest BCUT2D eigenvalue weighted by atomic mass is 19.1. The summed E-state index contributed by atoms with van der Waals surface area (Å²) in [7, 11) is 0. The van der Waals surface area contributed by atoms with E-state index >= 15 is 0 Å². The first-order chi connectivity index (χ1) is 12.4. The first-order valence-corrected chi connectivity index (χ1v) is 9.05. The second kappa shape index (κ2) is 8.03. The van der Waals surface area contributed by atoms with E-state index in [9.17, 15) is 14.0 Å². The third kappa shape index (κ3) is 5.17. The molecule has 0 aliphatic heterocycles. The number of aryl methyl sites for hydroxylation is 1. The largest absolute Gasteiger partial charge is 0.481 e. The van der Waals surface area contributed by atoms with Crippen LogP contribution in [0.5, 0.6) is 5.75 Å². The third-order valence-electron chi connectivity index (χ3n) is 4.97. The molecule has 6 nitrogen and oxygen atoms in total. The van der Waals surface area contributed by atoms with Gasteiger partial charge in [0.05, 0.1) is 6.54 Å². The van der Waals surface area contributed by atoms with E-state index in [2.05, 4.69) is 5.32 Å². The van der Waals surface area contributed by atoms with Gasteiger partial charge in [0.15, 0.2) is 18.2 Å². The van der Waals surface area contributed by atoms with Crippen LogP contribution in [0.3, 0.4) is 0 Å². The fraction of sp³-hybridized carbons (Fsp3) is 0.579. The van der Waals surface area contributed by atoms with Crippen molar-refractivity contribution in [2.75, 3.05) is 19.7 Å². The van der Waals surface area contributed by atoms with Gasteiger partial charge in [0.1, 0.15) is 0 Å². The Morgan fingerprint density at radius 2 is 2.08 bits per heavy atom. The average Bonchev–Trinajstić information content (AvgIpc) is 3.34. The molecule has 0 atom stereocenters. The number of nitrogens with one attached hydrogen (secondary N) is 1. The summed E-state index contributed by atoms with van der Waals surface area (Å²) in [5, 5.41) is 11.9. The van der Waals surface area contributed by atoms with E-state index in [0.717, 1.165) is 24.9 Å². The predicted octanol–water partition coefficient (Wildman–Crippen LogP) is 1.96.